The summed E-state index contributed by atoms with van der Waals surface area (Å²) in [4.78, 5) is 18.9. The molecule has 0 radical (unpaired) electrons. The number of rotatable bonds is 2. The number of fused-ring (bicyclic) bond motifs is 1. The monoisotopic (exact) mass is 306 g/mol. The molecule has 0 fully saturated rings. The molecule has 0 spiro atoms. The van der Waals surface area contributed by atoms with Gasteiger partial charge in [-0.25, -0.2) is 0 Å². The van der Waals surface area contributed by atoms with Gasteiger partial charge in [-0.3, -0.25) is 9.79 Å². The zero-order valence-corrected chi connectivity index (χ0v) is 12.1. The van der Waals surface area contributed by atoms with Gasteiger partial charge in [-0.05, 0) is 30.4 Å². The summed E-state index contributed by atoms with van der Waals surface area (Å²) >= 11 is 11.8. The van der Waals surface area contributed by atoms with Crippen molar-refractivity contribution < 1.29 is 4.79 Å². The number of hydrogen-bond donors (Lipinski definition) is 0. The molecule has 2 heterocycles. The molecule has 1 unspecified atom stereocenters. The Hall–Kier alpha value is -1.58. The average molecular weight is 307 g/mol. The summed E-state index contributed by atoms with van der Waals surface area (Å²) in [6, 6.07) is 4.98. The molecular weight excluding hydrogens is 295 g/mol. The molecule has 2 aliphatic heterocycles. The molecule has 1 atom stereocenters. The van der Waals surface area contributed by atoms with Crippen LogP contribution in [0.15, 0.2) is 47.6 Å². The lowest BCUT2D eigenvalue weighted by Gasteiger charge is -2.30. The van der Waals surface area contributed by atoms with Crippen molar-refractivity contribution in [1.82, 2.24) is 4.90 Å². The van der Waals surface area contributed by atoms with Gasteiger partial charge in [0.1, 0.15) is 5.84 Å². The Labute approximate surface area is 127 Å². The Morgan fingerprint density at radius 3 is 2.90 bits per heavy atom. The average Bonchev–Trinajstić information content (AvgIpc) is 2.49. The van der Waals surface area contributed by atoms with Gasteiger partial charge < -0.3 is 4.90 Å². The number of benzene rings is 1. The molecule has 1 aromatic carbocycles. The number of carbonyl (C=O) groups excluding carboxylic acids is 1. The van der Waals surface area contributed by atoms with Crippen molar-refractivity contribution in [3.63, 3.8) is 0 Å². The molecule has 102 valence electrons. The Bertz CT molecular complexity index is 649. The second-order valence-electron chi connectivity index (χ2n) is 4.74. The van der Waals surface area contributed by atoms with Crippen LogP contribution in [0.1, 0.15) is 10.4 Å². The van der Waals surface area contributed by atoms with Gasteiger partial charge in [-0.1, -0.05) is 29.3 Å². The first-order valence-electron chi connectivity index (χ1n) is 6.30. The fourth-order valence-electron chi connectivity index (χ4n) is 2.32. The Morgan fingerprint density at radius 2 is 2.10 bits per heavy atom. The smallest absolute Gasteiger partial charge is 0.169 e. The topological polar surface area (TPSA) is 32.7 Å². The first-order valence-corrected chi connectivity index (χ1v) is 7.06. The fraction of sp³-hybridized carbons (Fsp3) is 0.200. The SMILES string of the molecule is O=C(c1ccc(Cl)c(Cl)c1)C1CN=C2C=CC=CN2C1. The van der Waals surface area contributed by atoms with Crippen LogP contribution in [0.5, 0.6) is 0 Å². The Morgan fingerprint density at radius 1 is 1.25 bits per heavy atom. The number of Topliss-reactive ketones (excluding diaryl/α,β-unsaturated/α-hetero) is 1. The molecule has 3 rings (SSSR count). The van der Waals surface area contributed by atoms with Gasteiger partial charge in [0.25, 0.3) is 0 Å². The maximum atomic E-state index is 12.5. The van der Waals surface area contributed by atoms with Gasteiger partial charge in [0, 0.05) is 18.3 Å². The van der Waals surface area contributed by atoms with Gasteiger partial charge in [-0.15, -0.1) is 0 Å². The Kier molecular flexibility index (Phi) is 3.64. The highest BCUT2D eigenvalue weighted by molar-refractivity contribution is 6.42. The van der Waals surface area contributed by atoms with Crippen molar-refractivity contribution in [1.29, 1.82) is 0 Å². The quantitative estimate of drug-likeness (QED) is 0.782. The zero-order chi connectivity index (χ0) is 14.1. The largest absolute Gasteiger partial charge is 0.333 e. The minimum absolute atomic E-state index is 0.0503. The molecule has 0 saturated heterocycles. The van der Waals surface area contributed by atoms with Crippen LogP contribution in [0.2, 0.25) is 10.0 Å². The second-order valence-corrected chi connectivity index (χ2v) is 5.56. The normalized spacial score (nSPS) is 20.6. The highest BCUT2D eigenvalue weighted by Gasteiger charge is 2.27. The van der Waals surface area contributed by atoms with E-state index in [0.29, 0.717) is 28.7 Å². The van der Waals surface area contributed by atoms with E-state index in [2.05, 4.69) is 4.99 Å². The van der Waals surface area contributed by atoms with Gasteiger partial charge in [0.05, 0.1) is 22.5 Å². The van der Waals surface area contributed by atoms with Crippen molar-refractivity contribution >= 4 is 34.8 Å². The minimum atomic E-state index is -0.160. The molecular formula is C15H12Cl2N2O. The maximum absolute atomic E-state index is 12.5. The van der Waals surface area contributed by atoms with Crippen LogP contribution in [0.4, 0.5) is 0 Å². The highest BCUT2D eigenvalue weighted by atomic mass is 35.5. The molecule has 20 heavy (non-hydrogen) atoms. The number of allylic oxidation sites excluding steroid dienone is 2. The van der Waals surface area contributed by atoms with E-state index >= 15 is 0 Å². The fourth-order valence-corrected chi connectivity index (χ4v) is 2.61. The van der Waals surface area contributed by atoms with Crippen molar-refractivity contribution in [2.75, 3.05) is 13.1 Å². The number of amidine groups is 1. The summed E-state index contributed by atoms with van der Waals surface area (Å²) in [6.45, 7) is 1.14. The van der Waals surface area contributed by atoms with Crippen molar-refractivity contribution in [3.05, 3.63) is 58.2 Å². The highest BCUT2D eigenvalue weighted by Crippen LogP contribution is 2.25. The summed E-state index contributed by atoms with van der Waals surface area (Å²) in [5.41, 5.74) is 0.583. The lowest BCUT2D eigenvalue weighted by Crippen LogP contribution is -2.40. The van der Waals surface area contributed by atoms with Gasteiger partial charge in [-0.2, -0.15) is 0 Å². The third-order valence-corrected chi connectivity index (χ3v) is 4.12. The standard InChI is InChI=1S/C15H12Cl2N2O/c16-12-5-4-10(7-13(12)17)15(20)11-8-18-14-3-1-2-6-19(14)9-11/h1-7,11H,8-9H2. The third-order valence-electron chi connectivity index (χ3n) is 3.38. The zero-order valence-electron chi connectivity index (χ0n) is 10.6. The van der Waals surface area contributed by atoms with Crippen LogP contribution in [-0.2, 0) is 0 Å². The summed E-state index contributed by atoms with van der Waals surface area (Å²) in [7, 11) is 0. The van der Waals surface area contributed by atoms with Crippen LogP contribution < -0.4 is 0 Å². The minimum Gasteiger partial charge on any atom is -0.333 e. The molecule has 2 aliphatic rings. The van der Waals surface area contributed by atoms with Crippen LogP contribution in [-0.4, -0.2) is 29.6 Å². The van der Waals surface area contributed by atoms with E-state index in [-0.39, 0.29) is 11.7 Å². The summed E-state index contributed by atoms with van der Waals surface area (Å²) in [5.74, 6) is 0.798. The lowest BCUT2D eigenvalue weighted by molar-refractivity contribution is 0.0909. The maximum Gasteiger partial charge on any atom is 0.169 e. The van der Waals surface area contributed by atoms with Gasteiger partial charge in [0.15, 0.2) is 5.78 Å². The van der Waals surface area contributed by atoms with Crippen molar-refractivity contribution in [3.8, 4) is 0 Å². The number of ketones is 1. The Balaban J connectivity index is 1.81. The molecule has 0 saturated carbocycles. The summed E-state index contributed by atoms with van der Waals surface area (Å²) in [6.07, 6.45) is 7.76. The van der Waals surface area contributed by atoms with E-state index in [4.69, 9.17) is 23.2 Å². The van der Waals surface area contributed by atoms with E-state index in [0.717, 1.165) is 5.84 Å². The van der Waals surface area contributed by atoms with Crippen molar-refractivity contribution in [2.45, 2.75) is 0 Å². The first-order chi connectivity index (χ1) is 9.65. The molecule has 3 nitrogen and oxygen atoms in total. The lowest BCUT2D eigenvalue weighted by atomic mass is 9.95. The van der Waals surface area contributed by atoms with Gasteiger partial charge >= 0.3 is 0 Å². The summed E-state index contributed by atoms with van der Waals surface area (Å²) < 4.78 is 0. The third kappa shape index (κ3) is 2.51. The predicted octanol–water partition coefficient (Wildman–Crippen LogP) is 3.59. The number of nitrogens with zero attached hydrogens (tertiary/aromatic N) is 2. The van der Waals surface area contributed by atoms with Crippen LogP contribution in [0.3, 0.4) is 0 Å². The first kappa shape index (κ1) is 13.4. The molecule has 0 bridgehead atoms. The molecule has 0 N–H and O–H groups in total. The van der Waals surface area contributed by atoms with Crippen LogP contribution >= 0.6 is 23.2 Å². The predicted molar refractivity (Wildman–Crippen MR) is 81.6 cm³/mol. The van der Waals surface area contributed by atoms with Gasteiger partial charge in [0.2, 0.25) is 0 Å². The summed E-state index contributed by atoms with van der Waals surface area (Å²) in [5, 5.41) is 0.856. The number of carbonyl (C=O) groups is 1. The van der Waals surface area contributed by atoms with E-state index in [1.54, 1.807) is 18.2 Å². The van der Waals surface area contributed by atoms with Crippen molar-refractivity contribution in [2.24, 2.45) is 10.9 Å². The van der Waals surface area contributed by atoms with E-state index in [9.17, 15) is 4.79 Å². The van der Waals surface area contributed by atoms with E-state index in [1.807, 2.05) is 29.3 Å². The van der Waals surface area contributed by atoms with E-state index in [1.165, 1.54) is 0 Å². The van der Waals surface area contributed by atoms with Crippen LogP contribution in [0, 0.1) is 5.92 Å². The molecule has 0 aliphatic carbocycles. The van der Waals surface area contributed by atoms with Crippen LogP contribution in [0.25, 0.3) is 0 Å². The molecule has 5 heteroatoms. The number of aliphatic imine (C=N–C) groups is 1. The molecule has 0 amide bonds. The molecule has 1 aromatic rings. The number of halogens is 2. The number of hydrogen-bond acceptors (Lipinski definition) is 3. The van der Waals surface area contributed by atoms with E-state index < -0.39 is 0 Å². The second kappa shape index (κ2) is 5.43. The molecule has 0 aromatic heterocycles.